The van der Waals surface area contributed by atoms with E-state index in [1.807, 2.05) is 0 Å². The van der Waals surface area contributed by atoms with Crippen LogP contribution in [-0.2, 0) is 4.74 Å². The SMILES string of the molecule is O=C(NC(=NC[C@H]1CCCO1)Nc1cc(F)cc(F)c1)c1ccccc1. The van der Waals surface area contributed by atoms with Gasteiger partial charge in [0.2, 0.25) is 5.96 Å². The van der Waals surface area contributed by atoms with Gasteiger partial charge in [-0.15, -0.1) is 0 Å². The van der Waals surface area contributed by atoms with E-state index >= 15 is 0 Å². The molecule has 1 aliphatic rings. The molecular formula is C19H19F2N3O2. The smallest absolute Gasteiger partial charge is 0.257 e. The lowest BCUT2D eigenvalue weighted by Crippen LogP contribution is -2.36. The largest absolute Gasteiger partial charge is 0.376 e. The van der Waals surface area contributed by atoms with Crippen LogP contribution in [0.1, 0.15) is 23.2 Å². The van der Waals surface area contributed by atoms with Gasteiger partial charge in [-0.3, -0.25) is 10.1 Å². The number of hydrogen-bond acceptors (Lipinski definition) is 3. The van der Waals surface area contributed by atoms with Crippen molar-refractivity contribution in [2.24, 2.45) is 4.99 Å². The van der Waals surface area contributed by atoms with Crippen LogP contribution in [0.2, 0.25) is 0 Å². The molecule has 1 atom stereocenters. The summed E-state index contributed by atoms with van der Waals surface area (Å²) >= 11 is 0. The Morgan fingerprint density at radius 3 is 2.54 bits per heavy atom. The molecule has 7 heteroatoms. The number of amides is 1. The van der Waals surface area contributed by atoms with Gasteiger partial charge < -0.3 is 10.1 Å². The van der Waals surface area contributed by atoms with Gasteiger partial charge in [-0.2, -0.15) is 0 Å². The molecule has 1 amide bonds. The van der Waals surface area contributed by atoms with E-state index in [1.165, 1.54) is 0 Å². The maximum absolute atomic E-state index is 13.4. The number of anilines is 1. The fourth-order valence-electron chi connectivity index (χ4n) is 2.62. The quantitative estimate of drug-likeness (QED) is 0.650. The van der Waals surface area contributed by atoms with Crippen LogP contribution in [0, 0.1) is 11.6 Å². The molecule has 0 aliphatic carbocycles. The maximum Gasteiger partial charge on any atom is 0.257 e. The third-order valence-corrected chi connectivity index (χ3v) is 3.87. The second kappa shape index (κ2) is 8.53. The molecular weight excluding hydrogens is 340 g/mol. The van der Waals surface area contributed by atoms with Crippen molar-refractivity contribution in [3.63, 3.8) is 0 Å². The summed E-state index contributed by atoms with van der Waals surface area (Å²) in [6.07, 6.45) is 1.83. The van der Waals surface area contributed by atoms with Crippen molar-refractivity contribution in [3.8, 4) is 0 Å². The lowest BCUT2D eigenvalue weighted by molar-refractivity contribution is 0.0975. The molecule has 0 radical (unpaired) electrons. The zero-order valence-corrected chi connectivity index (χ0v) is 14.0. The van der Waals surface area contributed by atoms with E-state index in [-0.39, 0.29) is 23.7 Å². The molecule has 0 bridgehead atoms. The lowest BCUT2D eigenvalue weighted by Gasteiger charge is -2.13. The van der Waals surface area contributed by atoms with Crippen LogP contribution in [0.3, 0.4) is 0 Å². The number of aliphatic imine (C=N–C) groups is 1. The van der Waals surface area contributed by atoms with E-state index in [0.29, 0.717) is 18.7 Å². The highest BCUT2D eigenvalue weighted by Crippen LogP contribution is 2.14. The monoisotopic (exact) mass is 359 g/mol. The number of benzene rings is 2. The van der Waals surface area contributed by atoms with Crippen molar-refractivity contribution in [1.29, 1.82) is 0 Å². The van der Waals surface area contributed by atoms with Crippen molar-refractivity contribution >= 4 is 17.6 Å². The fourth-order valence-corrected chi connectivity index (χ4v) is 2.62. The zero-order valence-electron chi connectivity index (χ0n) is 14.0. The summed E-state index contributed by atoms with van der Waals surface area (Å²) in [4.78, 5) is 16.7. The first kappa shape index (κ1) is 18.0. The lowest BCUT2D eigenvalue weighted by atomic mass is 10.2. The number of nitrogens with one attached hydrogen (secondary N) is 2. The number of hydrogen-bond donors (Lipinski definition) is 2. The molecule has 5 nitrogen and oxygen atoms in total. The van der Waals surface area contributed by atoms with Gasteiger partial charge in [-0.1, -0.05) is 18.2 Å². The van der Waals surface area contributed by atoms with Crippen molar-refractivity contribution in [1.82, 2.24) is 5.32 Å². The van der Waals surface area contributed by atoms with Gasteiger partial charge in [0.15, 0.2) is 0 Å². The van der Waals surface area contributed by atoms with Gasteiger partial charge in [-0.25, -0.2) is 13.8 Å². The number of carbonyl (C=O) groups excluding carboxylic acids is 1. The average molecular weight is 359 g/mol. The van der Waals surface area contributed by atoms with Crippen molar-refractivity contribution in [2.75, 3.05) is 18.5 Å². The van der Waals surface area contributed by atoms with Gasteiger partial charge in [0, 0.05) is 23.9 Å². The predicted octanol–water partition coefficient (Wildman–Crippen LogP) is 3.34. The second-order valence-electron chi connectivity index (χ2n) is 5.93. The van der Waals surface area contributed by atoms with Gasteiger partial charge in [0.1, 0.15) is 11.6 Å². The van der Waals surface area contributed by atoms with Crippen LogP contribution >= 0.6 is 0 Å². The summed E-state index contributed by atoms with van der Waals surface area (Å²) in [5.41, 5.74) is 0.603. The summed E-state index contributed by atoms with van der Waals surface area (Å²) in [5, 5.41) is 5.41. The minimum atomic E-state index is -0.722. The maximum atomic E-state index is 13.4. The van der Waals surface area contributed by atoms with Gasteiger partial charge in [-0.05, 0) is 37.1 Å². The van der Waals surface area contributed by atoms with Crippen LogP contribution in [0.15, 0.2) is 53.5 Å². The van der Waals surface area contributed by atoms with Crippen molar-refractivity contribution in [3.05, 3.63) is 65.7 Å². The topological polar surface area (TPSA) is 62.7 Å². The molecule has 1 aliphatic heterocycles. The third kappa shape index (κ3) is 5.10. The van der Waals surface area contributed by atoms with E-state index in [4.69, 9.17) is 4.74 Å². The molecule has 2 aromatic carbocycles. The van der Waals surface area contributed by atoms with E-state index in [1.54, 1.807) is 30.3 Å². The first-order valence-corrected chi connectivity index (χ1v) is 8.36. The highest BCUT2D eigenvalue weighted by atomic mass is 19.1. The number of rotatable bonds is 4. The summed E-state index contributed by atoms with van der Waals surface area (Å²) in [7, 11) is 0. The normalized spacial score (nSPS) is 17.2. The van der Waals surface area contributed by atoms with Crippen molar-refractivity contribution < 1.29 is 18.3 Å². The molecule has 136 valence electrons. The van der Waals surface area contributed by atoms with E-state index < -0.39 is 11.6 Å². The highest BCUT2D eigenvalue weighted by Gasteiger charge is 2.16. The van der Waals surface area contributed by atoms with Crippen molar-refractivity contribution in [2.45, 2.75) is 18.9 Å². The summed E-state index contributed by atoms with van der Waals surface area (Å²) in [5.74, 6) is -1.71. The molecule has 0 aromatic heterocycles. The molecule has 1 fully saturated rings. The van der Waals surface area contributed by atoms with Gasteiger partial charge in [0.05, 0.1) is 12.6 Å². The highest BCUT2D eigenvalue weighted by molar-refractivity contribution is 6.09. The number of halogens is 2. The first-order chi connectivity index (χ1) is 12.6. The Morgan fingerprint density at radius 2 is 1.88 bits per heavy atom. The van der Waals surface area contributed by atoms with Crippen LogP contribution in [0.4, 0.5) is 14.5 Å². The van der Waals surface area contributed by atoms with E-state index in [9.17, 15) is 13.6 Å². The van der Waals surface area contributed by atoms with Crippen LogP contribution in [0.25, 0.3) is 0 Å². The van der Waals surface area contributed by atoms with Crippen LogP contribution in [0.5, 0.6) is 0 Å². The van der Waals surface area contributed by atoms with Crippen LogP contribution < -0.4 is 10.6 Å². The third-order valence-electron chi connectivity index (χ3n) is 3.87. The second-order valence-corrected chi connectivity index (χ2v) is 5.93. The molecule has 0 unspecified atom stereocenters. The molecule has 0 saturated carbocycles. The molecule has 2 N–H and O–H groups in total. The predicted molar refractivity (Wildman–Crippen MR) is 95.2 cm³/mol. The Morgan fingerprint density at radius 1 is 1.15 bits per heavy atom. The average Bonchev–Trinajstić information content (AvgIpc) is 3.13. The Labute approximate surface area is 150 Å². The fraction of sp³-hybridized carbons (Fsp3) is 0.263. The minimum absolute atomic E-state index is 0.0235. The molecule has 1 heterocycles. The van der Waals surface area contributed by atoms with E-state index in [2.05, 4.69) is 15.6 Å². The molecule has 3 rings (SSSR count). The summed E-state index contributed by atoms with van der Waals surface area (Å²) in [6, 6.07) is 11.6. The van der Waals surface area contributed by atoms with Crippen LogP contribution in [-0.4, -0.2) is 31.1 Å². The molecule has 26 heavy (non-hydrogen) atoms. The van der Waals surface area contributed by atoms with Gasteiger partial charge >= 0.3 is 0 Å². The Kier molecular flexibility index (Phi) is 5.91. The molecule has 0 spiro atoms. The first-order valence-electron chi connectivity index (χ1n) is 8.36. The minimum Gasteiger partial charge on any atom is -0.376 e. The molecule has 2 aromatic rings. The standard InChI is InChI=1S/C19H19F2N3O2/c20-14-9-15(21)11-16(10-14)23-19(22-12-17-7-4-8-26-17)24-18(25)13-5-2-1-3-6-13/h1-3,5-6,9-11,17H,4,7-8,12H2,(H2,22,23,24,25)/t17-/m1/s1. The summed E-state index contributed by atoms with van der Waals surface area (Å²) < 4.78 is 32.3. The number of ether oxygens (including phenoxy) is 1. The Bertz CT molecular complexity index is 770. The number of carbonyl (C=O) groups is 1. The van der Waals surface area contributed by atoms with E-state index in [0.717, 1.165) is 31.0 Å². The summed E-state index contributed by atoms with van der Waals surface area (Å²) in [6.45, 7) is 1.03. The Balaban J connectivity index is 1.76. The molecule has 1 saturated heterocycles. The number of guanidine groups is 1. The number of nitrogens with zero attached hydrogens (tertiary/aromatic N) is 1. The Hall–Kier alpha value is -2.80. The van der Waals surface area contributed by atoms with Gasteiger partial charge in [0.25, 0.3) is 5.91 Å². The zero-order chi connectivity index (χ0) is 18.4.